The molecule has 2 aromatic heterocycles. The van der Waals surface area contributed by atoms with Crippen LogP contribution in [0.15, 0.2) is 42.9 Å². The molecule has 7 nitrogen and oxygen atoms in total. The SMILES string of the molecule is Cc1ccc(NC(=O)c2ccc3cncnc3c2)nc1N1CCN(C)CC1. The van der Waals surface area contributed by atoms with Crippen LogP contribution in [0.4, 0.5) is 11.6 Å². The molecule has 0 radical (unpaired) electrons. The fourth-order valence-corrected chi connectivity index (χ4v) is 3.23. The van der Waals surface area contributed by atoms with Crippen molar-refractivity contribution in [2.45, 2.75) is 6.92 Å². The highest BCUT2D eigenvalue weighted by Gasteiger charge is 2.18. The molecule has 0 saturated carbocycles. The van der Waals surface area contributed by atoms with E-state index in [4.69, 9.17) is 4.98 Å². The van der Waals surface area contributed by atoms with E-state index in [1.807, 2.05) is 18.2 Å². The van der Waals surface area contributed by atoms with E-state index in [0.717, 1.165) is 48.5 Å². The van der Waals surface area contributed by atoms with Gasteiger partial charge in [0, 0.05) is 43.3 Å². The molecular weight excluding hydrogens is 340 g/mol. The minimum absolute atomic E-state index is 0.198. The van der Waals surface area contributed by atoms with Crippen LogP contribution in [0.5, 0.6) is 0 Å². The number of pyridine rings is 1. The Morgan fingerprint density at radius 1 is 1.11 bits per heavy atom. The van der Waals surface area contributed by atoms with Crippen LogP contribution in [0.2, 0.25) is 0 Å². The monoisotopic (exact) mass is 362 g/mol. The number of carbonyl (C=O) groups excluding carboxylic acids is 1. The van der Waals surface area contributed by atoms with Gasteiger partial charge in [-0.2, -0.15) is 0 Å². The summed E-state index contributed by atoms with van der Waals surface area (Å²) in [4.78, 5) is 30.1. The molecule has 27 heavy (non-hydrogen) atoms. The van der Waals surface area contributed by atoms with Gasteiger partial charge in [0.15, 0.2) is 0 Å². The third-order valence-electron chi connectivity index (χ3n) is 4.88. The van der Waals surface area contributed by atoms with E-state index in [1.54, 1.807) is 18.3 Å². The van der Waals surface area contributed by atoms with Gasteiger partial charge >= 0.3 is 0 Å². The Morgan fingerprint density at radius 3 is 2.74 bits per heavy atom. The van der Waals surface area contributed by atoms with Gasteiger partial charge in [-0.25, -0.2) is 15.0 Å². The van der Waals surface area contributed by atoms with Crippen molar-refractivity contribution < 1.29 is 4.79 Å². The number of hydrogen-bond acceptors (Lipinski definition) is 6. The van der Waals surface area contributed by atoms with Gasteiger partial charge in [-0.05, 0) is 37.7 Å². The topological polar surface area (TPSA) is 74.2 Å². The molecule has 138 valence electrons. The van der Waals surface area contributed by atoms with Crippen molar-refractivity contribution in [1.82, 2.24) is 19.9 Å². The normalized spacial score (nSPS) is 15.1. The Balaban J connectivity index is 1.54. The number of carbonyl (C=O) groups is 1. The van der Waals surface area contributed by atoms with Gasteiger partial charge < -0.3 is 15.1 Å². The third-order valence-corrected chi connectivity index (χ3v) is 4.88. The fraction of sp³-hybridized carbons (Fsp3) is 0.300. The molecule has 4 rings (SSSR count). The number of benzene rings is 1. The summed E-state index contributed by atoms with van der Waals surface area (Å²) in [5.74, 6) is 1.30. The molecule has 1 saturated heterocycles. The summed E-state index contributed by atoms with van der Waals surface area (Å²) in [6.45, 7) is 5.95. The fourth-order valence-electron chi connectivity index (χ4n) is 3.23. The second-order valence-corrected chi connectivity index (χ2v) is 6.88. The van der Waals surface area contributed by atoms with Crippen molar-refractivity contribution >= 4 is 28.4 Å². The zero-order valence-electron chi connectivity index (χ0n) is 15.5. The molecule has 7 heteroatoms. The number of likely N-dealkylation sites (N-methyl/N-ethyl adjacent to an activating group) is 1. The lowest BCUT2D eigenvalue weighted by molar-refractivity contribution is 0.102. The Hall–Kier alpha value is -3.06. The molecule has 0 aliphatic carbocycles. The van der Waals surface area contributed by atoms with Crippen LogP contribution in [0, 0.1) is 6.92 Å². The van der Waals surface area contributed by atoms with Crippen LogP contribution in [-0.4, -0.2) is 59.0 Å². The molecule has 1 aromatic carbocycles. The lowest BCUT2D eigenvalue weighted by Crippen LogP contribution is -2.45. The predicted molar refractivity (Wildman–Crippen MR) is 106 cm³/mol. The Kier molecular flexibility index (Phi) is 4.68. The molecule has 3 aromatic rings. The first-order chi connectivity index (χ1) is 13.1. The maximum absolute atomic E-state index is 12.7. The summed E-state index contributed by atoms with van der Waals surface area (Å²) < 4.78 is 0. The Morgan fingerprint density at radius 2 is 1.93 bits per heavy atom. The summed E-state index contributed by atoms with van der Waals surface area (Å²) in [5, 5.41) is 3.81. The number of amides is 1. The molecule has 1 fully saturated rings. The van der Waals surface area contributed by atoms with Crippen molar-refractivity contribution in [3.05, 3.63) is 54.0 Å². The number of anilines is 2. The van der Waals surface area contributed by atoms with E-state index in [2.05, 4.69) is 39.1 Å². The first-order valence-electron chi connectivity index (χ1n) is 9.02. The highest BCUT2D eigenvalue weighted by atomic mass is 16.1. The van der Waals surface area contributed by atoms with E-state index in [9.17, 15) is 4.79 Å². The largest absolute Gasteiger partial charge is 0.354 e. The van der Waals surface area contributed by atoms with Crippen molar-refractivity contribution in [2.75, 3.05) is 43.4 Å². The summed E-state index contributed by atoms with van der Waals surface area (Å²) in [6, 6.07) is 9.24. The maximum Gasteiger partial charge on any atom is 0.256 e. The van der Waals surface area contributed by atoms with Gasteiger partial charge in [0.1, 0.15) is 18.0 Å². The number of piperazine rings is 1. The van der Waals surface area contributed by atoms with Crippen molar-refractivity contribution in [3.63, 3.8) is 0 Å². The van der Waals surface area contributed by atoms with E-state index in [1.165, 1.54) is 6.33 Å². The number of aryl methyl sites for hydroxylation is 1. The summed E-state index contributed by atoms with van der Waals surface area (Å²) in [5.41, 5.74) is 2.40. The quantitative estimate of drug-likeness (QED) is 0.771. The minimum atomic E-state index is -0.198. The zero-order chi connectivity index (χ0) is 18.8. The lowest BCUT2D eigenvalue weighted by atomic mass is 10.1. The summed E-state index contributed by atoms with van der Waals surface area (Å²) >= 11 is 0. The van der Waals surface area contributed by atoms with Crippen LogP contribution < -0.4 is 10.2 Å². The number of rotatable bonds is 3. The second-order valence-electron chi connectivity index (χ2n) is 6.88. The van der Waals surface area contributed by atoms with Crippen molar-refractivity contribution in [2.24, 2.45) is 0 Å². The van der Waals surface area contributed by atoms with Crippen LogP contribution in [0.3, 0.4) is 0 Å². The molecular formula is C20H22N6O. The van der Waals surface area contributed by atoms with Crippen LogP contribution >= 0.6 is 0 Å². The molecule has 3 heterocycles. The van der Waals surface area contributed by atoms with Gasteiger partial charge in [-0.3, -0.25) is 4.79 Å². The molecule has 1 aliphatic heterocycles. The molecule has 1 aliphatic rings. The van der Waals surface area contributed by atoms with Gasteiger partial charge in [0.2, 0.25) is 0 Å². The smallest absolute Gasteiger partial charge is 0.256 e. The minimum Gasteiger partial charge on any atom is -0.354 e. The Labute approximate surface area is 158 Å². The second kappa shape index (κ2) is 7.28. The average Bonchev–Trinajstić information content (AvgIpc) is 2.70. The molecule has 0 atom stereocenters. The van der Waals surface area contributed by atoms with Crippen LogP contribution in [0.25, 0.3) is 10.9 Å². The number of hydrogen-bond donors (Lipinski definition) is 1. The van der Waals surface area contributed by atoms with Crippen LogP contribution in [-0.2, 0) is 0 Å². The van der Waals surface area contributed by atoms with Gasteiger partial charge in [-0.1, -0.05) is 12.1 Å². The van der Waals surface area contributed by atoms with E-state index >= 15 is 0 Å². The van der Waals surface area contributed by atoms with Crippen molar-refractivity contribution in [3.8, 4) is 0 Å². The van der Waals surface area contributed by atoms with Gasteiger partial charge in [-0.15, -0.1) is 0 Å². The van der Waals surface area contributed by atoms with Gasteiger partial charge in [0.25, 0.3) is 5.91 Å². The summed E-state index contributed by atoms with van der Waals surface area (Å²) in [6.07, 6.45) is 3.21. The zero-order valence-corrected chi connectivity index (χ0v) is 15.5. The standard InChI is InChI=1S/C20H22N6O/c1-14-3-6-18(23-19(14)26-9-7-25(2)8-10-26)24-20(27)15-4-5-16-12-21-13-22-17(16)11-15/h3-6,11-13H,7-10H2,1-2H3,(H,23,24,27). The molecule has 0 spiro atoms. The van der Waals surface area contributed by atoms with Gasteiger partial charge in [0.05, 0.1) is 5.52 Å². The predicted octanol–water partition coefficient (Wildman–Crippen LogP) is 2.34. The number of nitrogens with zero attached hydrogens (tertiary/aromatic N) is 5. The first-order valence-corrected chi connectivity index (χ1v) is 9.02. The van der Waals surface area contributed by atoms with E-state index < -0.39 is 0 Å². The maximum atomic E-state index is 12.7. The third kappa shape index (κ3) is 3.73. The van der Waals surface area contributed by atoms with Crippen LogP contribution in [0.1, 0.15) is 15.9 Å². The average molecular weight is 362 g/mol. The number of fused-ring (bicyclic) bond motifs is 1. The van der Waals surface area contributed by atoms with E-state index in [-0.39, 0.29) is 5.91 Å². The molecule has 0 bridgehead atoms. The number of aromatic nitrogens is 3. The molecule has 0 unspecified atom stereocenters. The molecule has 1 amide bonds. The Bertz CT molecular complexity index is 981. The first kappa shape index (κ1) is 17.4. The number of nitrogens with one attached hydrogen (secondary N) is 1. The highest BCUT2D eigenvalue weighted by Crippen LogP contribution is 2.22. The molecule has 1 N–H and O–H groups in total. The van der Waals surface area contributed by atoms with E-state index in [0.29, 0.717) is 11.4 Å². The van der Waals surface area contributed by atoms with Crippen molar-refractivity contribution in [1.29, 1.82) is 0 Å². The summed E-state index contributed by atoms with van der Waals surface area (Å²) in [7, 11) is 2.13. The lowest BCUT2D eigenvalue weighted by Gasteiger charge is -2.34. The highest BCUT2D eigenvalue weighted by molar-refractivity contribution is 6.05.